The highest BCUT2D eigenvalue weighted by molar-refractivity contribution is 5.97. The molecule has 1 heterocycles. The Kier molecular flexibility index (Phi) is 0.770. The first-order chi connectivity index (χ1) is 4.33. The monoisotopic (exact) mass is 124 g/mol. The summed E-state index contributed by atoms with van der Waals surface area (Å²) in [4.78, 5) is 11.0. The number of ketones is 1. The molecule has 1 fully saturated rings. The molecule has 48 valence electrons. The lowest BCUT2D eigenvalue weighted by atomic mass is 10.0. The standard InChI is InChI=1S/C7H8O2/c8-6-1-4-9-5-7(6)2-3-7/h1,4H,2-3,5H2. The molecule has 1 aliphatic heterocycles. The first-order valence-electron chi connectivity index (χ1n) is 3.16. The molecule has 1 saturated carbocycles. The lowest BCUT2D eigenvalue weighted by Crippen LogP contribution is -2.22. The van der Waals surface area contributed by atoms with Crippen molar-refractivity contribution in [2.45, 2.75) is 12.8 Å². The highest BCUT2D eigenvalue weighted by atomic mass is 16.5. The smallest absolute Gasteiger partial charge is 0.168 e. The number of rotatable bonds is 0. The molecule has 1 spiro atoms. The van der Waals surface area contributed by atoms with E-state index in [1.165, 1.54) is 12.3 Å². The molecule has 0 radical (unpaired) electrons. The second-order valence-electron chi connectivity index (χ2n) is 2.76. The van der Waals surface area contributed by atoms with Crippen molar-refractivity contribution in [3.63, 3.8) is 0 Å². The van der Waals surface area contributed by atoms with Crippen LogP contribution in [-0.2, 0) is 9.53 Å². The number of carbonyl (C=O) groups excluding carboxylic acids is 1. The molecular formula is C7H8O2. The number of carbonyl (C=O) groups is 1. The van der Waals surface area contributed by atoms with Crippen LogP contribution < -0.4 is 0 Å². The van der Waals surface area contributed by atoms with Crippen molar-refractivity contribution in [2.24, 2.45) is 5.41 Å². The predicted octanol–water partition coefficient (Wildman–Crippen LogP) is 0.880. The first-order valence-corrected chi connectivity index (χ1v) is 3.16. The van der Waals surface area contributed by atoms with Gasteiger partial charge < -0.3 is 4.74 Å². The van der Waals surface area contributed by atoms with Gasteiger partial charge in [0.15, 0.2) is 5.78 Å². The fourth-order valence-corrected chi connectivity index (χ4v) is 1.11. The van der Waals surface area contributed by atoms with Gasteiger partial charge in [-0.2, -0.15) is 0 Å². The van der Waals surface area contributed by atoms with Gasteiger partial charge in [-0.15, -0.1) is 0 Å². The van der Waals surface area contributed by atoms with Crippen LogP contribution in [0.1, 0.15) is 12.8 Å². The van der Waals surface area contributed by atoms with E-state index in [2.05, 4.69) is 0 Å². The van der Waals surface area contributed by atoms with Crippen molar-refractivity contribution in [3.05, 3.63) is 12.3 Å². The molecule has 2 heteroatoms. The quantitative estimate of drug-likeness (QED) is 0.479. The van der Waals surface area contributed by atoms with E-state index in [4.69, 9.17) is 4.74 Å². The Morgan fingerprint density at radius 1 is 1.56 bits per heavy atom. The molecule has 0 aromatic heterocycles. The topological polar surface area (TPSA) is 26.3 Å². The number of ether oxygens (including phenoxy) is 1. The van der Waals surface area contributed by atoms with Gasteiger partial charge in [0.1, 0.15) is 6.61 Å². The Morgan fingerprint density at radius 3 is 2.78 bits per heavy atom. The predicted molar refractivity (Wildman–Crippen MR) is 31.8 cm³/mol. The van der Waals surface area contributed by atoms with Crippen LogP contribution in [0.25, 0.3) is 0 Å². The largest absolute Gasteiger partial charge is 0.500 e. The summed E-state index contributed by atoms with van der Waals surface area (Å²) in [6.07, 6.45) is 5.08. The van der Waals surface area contributed by atoms with Crippen molar-refractivity contribution < 1.29 is 9.53 Å². The van der Waals surface area contributed by atoms with Gasteiger partial charge in [0.2, 0.25) is 0 Å². The lowest BCUT2D eigenvalue weighted by Gasteiger charge is -2.14. The highest BCUT2D eigenvalue weighted by Crippen LogP contribution is 2.48. The molecule has 0 amide bonds. The van der Waals surface area contributed by atoms with Gasteiger partial charge in [0, 0.05) is 6.08 Å². The van der Waals surface area contributed by atoms with Crippen LogP contribution in [0.3, 0.4) is 0 Å². The maximum Gasteiger partial charge on any atom is 0.168 e. The zero-order chi connectivity index (χ0) is 6.32. The van der Waals surface area contributed by atoms with Crippen molar-refractivity contribution in [2.75, 3.05) is 6.61 Å². The molecule has 0 N–H and O–H groups in total. The third-order valence-corrected chi connectivity index (χ3v) is 2.05. The Hall–Kier alpha value is -0.790. The number of hydrogen-bond acceptors (Lipinski definition) is 2. The number of allylic oxidation sites excluding steroid dienone is 1. The van der Waals surface area contributed by atoms with Crippen molar-refractivity contribution in [1.82, 2.24) is 0 Å². The maximum absolute atomic E-state index is 11.0. The summed E-state index contributed by atoms with van der Waals surface area (Å²) < 4.78 is 5.02. The van der Waals surface area contributed by atoms with E-state index in [-0.39, 0.29) is 11.2 Å². The summed E-state index contributed by atoms with van der Waals surface area (Å²) in [6, 6.07) is 0. The van der Waals surface area contributed by atoms with E-state index in [1.807, 2.05) is 0 Å². The minimum Gasteiger partial charge on any atom is -0.500 e. The van der Waals surface area contributed by atoms with Crippen LogP contribution in [0.5, 0.6) is 0 Å². The van der Waals surface area contributed by atoms with E-state index < -0.39 is 0 Å². The van der Waals surface area contributed by atoms with Crippen LogP contribution in [0.2, 0.25) is 0 Å². The fourth-order valence-electron chi connectivity index (χ4n) is 1.11. The van der Waals surface area contributed by atoms with Crippen molar-refractivity contribution >= 4 is 5.78 Å². The SMILES string of the molecule is O=C1C=COCC12CC2. The molecule has 2 nitrogen and oxygen atoms in total. The zero-order valence-corrected chi connectivity index (χ0v) is 5.09. The van der Waals surface area contributed by atoms with Crippen LogP contribution in [0, 0.1) is 5.41 Å². The zero-order valence-electron chi connectivity index (χ0n) is 5.09. The van der Waals surface area contributed by atoms with Gasteiger partial charge in [-0.3, -0.25) is 4.79 Å². The van der Waals surface area contributed by atoms with Crippen molar-refractivity contribution in [3.8, 4) is 0 Å². The summed E-state index contributed by atoms with van der Waals surface area (Å²) in [5.41, 5.74) is -0.0608. The van der Waals surface area contributed by atoms with Gasteiger partial charge in [-0.25, -0.2) is 0 Å². The molecule has 2 rings (SSSR count). The summed E-state index contributed by atoms with van der Waals surface area (Å²) in [6.45, 7) is 0.613. The van der Waals surface area contributed by atoms with E-state index in [9.17, 15) is 4.79 Å². The molecule has 0 aromatic carbocycles. The molecule has 0 unspecified atom stereocenters. The molecule has 0 saturated heterocycles. The molecule has 0 aromatic rings. The molecule has 0 bridgehead atoms. The first kappa shape index (κ1) is 5.03. The van der Waals surface area contributed by atoms with Gasteiger partial charge in [-0.05, 0) is 12.8 Å². The second kappa shape index (κ2) is 1.38. The number of hydrogen-bond donors (Lipinski definition) is 0. The van der Waals surface area contributed by atoms with Crippen LogP contribution in [0.4, 0.5) is 0 Å². The molecule has 2 aliphatic rings. The summed E-state index contributed by atoms with van der Waals surface area (Å²) in [7, 11) is 0. The molecule has 1 aliphatic carbocycles. The minimum atomic E-state index is -0.0608. The fraction of sp³-hybridized carbons (Fsp3) is 0.571. The Bertz CT molecular complexity index is 177. The molecule has 0 atom stereocenters. The maximum atomic E-state index is 11.0. The Morgan fingerprint density at radius 2 is 2.33 bits per heavy atom. The summed E-state index contributed by atoms with van der Waals surface area (Å²) in [5, 5.41) is 0. The third-order valence-electron chi connectivity index (χ3n) is 2.05. The second-order valence-corrected chi connectivity index (χ2v) is 2.76. The van der Waals surface area contributed by atoms with Crippen LogP contribution in [0.15, 0.2) is 12.3 Å². The Labute approximate surface area is 53.5 Å². The Balaban J connectivity index is 2.26. The van der Waals surface area contributed by atoms with Gasteiger partial charge in [0.05, 0.1) is 11.7 Å². The van der Waals surface area contributed by atoms with E-state index in [0.29, 0.717) is 6.61 Å². The van der Waals surface area contributed by atoms with Gasteiger partial charge in [0.25, 0.3) is 0 Å². The van der Waals surface area contributed by atoms with E-state index >= 15 is 0 Å². The summed E-state index contributed by atoms with van der Waals surface area (Å²) in [5.74, 6) is 0.258. The highest BCUT2D eigenvalue weighted by Gasteiger charge is 2.50. The van der Waals surface area contributed by atoms with Crippen molar-refractivity contribution in [1.29, 1.82) is 0 Å². The lowest BCUT2D eigenvalue weighted by molar-refractivity contribution is -0.122. The normalized spacial score (nSPS) is 28.2. The van der Waals surface area contributed by atoms with Gasteiger partial charge in [-0.1, -0.05) is 0 Å². The van der Waals surface area contributed by atoms with Gasteiger partial charge >= 0.3 is 0 Å². The van der Waals surface area contributed by atoms with Crippen LogP contribution in [-0.4, -0.2) is 12.4 Å². The summed E-state index contributed by atoms with van der Waals surface area (Å²) >= 11 is 0. The molecule has 9 heavy (non-hydrogen) atoms. The minimum absolute atomic E-state index is 0.0608. The van der Waals surface area contributed by atoms with E-state index in [0.717, 1.165) is 12.8 Å². The molecular weight excluding hydrogens is 116 g/mol. The average Bonchev–Trinajstić information content (AvgIpc) is 2.60. The average molecular weight is 124 g/mol. The third kappa shape index (κ3) is 0.590. The van der Waals surface area contributed by atoms with Crippen LogP contribution >= 0.6 is 0 Å². The van der Waals surface area contributed by atoms with E-state index in [1.54, 1.807) is 0 Å².